The van der Waals surface area contributed by atoms with E-state index in [1.165, 1.54) is 0 Å². The Morgan fingerprint density at radius 1 is 1.26 bits per heavy atom. The van der Waals surface area contributed by atoms with Crippen molar-refractivity contribution in [3.8, 4) is 0 Å². The van der Waals surface area contributed by atoms with Crippen molar-refractivity contribution < 1.29 is 4.74 Å². The Morgan fingerprint density at radius 3 is 2.58 bits per heavy atom. The molecule has 0 aliphatic carbocycles. The Kier molecular flexibility index (Phi) is 4.96. The van der Waals surface area contributed by atoms with Crippen molar-refractivity contribution in [1.82, 2.24) is 9.97 Å². The molecule has 0 aromatic carbocycles. The summed E-state index contributed by atoms with van der Waals surface area (Å²) in [5, 5.41) is 6.66. The van der Waals surface area contributed by atoms with E-state index in [-0.39, 0.29) is 0 Å². The van der Waals surface area contributed by atoms with Crippen molar-refractivity contribution in [2.75, 3.05) is 30.3 Å². The van der Waals surface area contributed by atoms with Crippen LogP contribution in [0.4, 0.5) is 11.6 Å². The van der Waals surface area contributed by atoms with Crippen LogP contribution in [0.15, 0.2) is 6.07 Å². The molecule has 1 saturated heterocycles. The third-order valence-corrected chi connectivity index (χ3v) is 3.53. The first-order chi connectivity index (χ1) is 9.22. The van der Waals surface area contributed by atoms with Gasteiger partial charge in [-0.3, -0.25) is 0 Å². The maximum atomic E-state index is 5.58. The first-order valence-corrected chi connectivity index (χ1v) is 7.20. The number of hydrogen-bond donors (Lipinski definition) is 2. The highest BCUT2D eigenvalue weighted by Crippen LogP contribution is 2.21. The summed E-state index contributed by atoms with van der Waals surface area (Å²) in [4.78, 5) is 8.97. The monoisotopic (exact) mass is 264 g/mol. The Balaban J connectivity index is 2.00. The maximum absolute atomic E-state index is 5.58. The lowest BCUT2D eigenvalue weighted by Crippen LogP contribution is -2.21. The molecule has 106 valence electrons. The average Bonchev–Trinajstić information content (AvgIpc) is 2.82. The van der Waals surface area contributed by atoms with Gasteiger partial charge < -0.3 is 15.4 Å². The molecule has 5 heteroatoms. The van der Waals surface area contributed by atoms with Crippen LogP contribution in [-0.2, 0) is 11.2 Å². The summed E-state index contributed by atoms with van der Waals surface area (Å²) in [5.74, 6) is 3.24. The van der Waals surface area contributed by atoms with E-state index in [4.69, 9.17) is 4.74 Å². The number of nitrogens with one attached hydrogen (secondary N) is 2. The summed E-state index contributed by atoms with van der Waals surface area (Å²) in [6, 6.07) is 1.98. The smallest absolute Gasteiger partial charge is 0.132 e. The van der Waals surface area contributed by atoms with Crippen LogP contribution < -0.4 is 10.6 Å². The quantitative estimate of drug-likeness (QED) is 0.825. The van der Waals surface area contributed by atoms with Crippen LogP contribution in [0.3, 0.4) is 0 Å². The Labute approximate surface area is 115 Å². The number of rotatable bonds is 6. The SMILES string of the molecule is CCNc1cc(NCC2CCOC2C)nc(CC)n1. The van der Waals surface area contributed by atoms with Crippen LogP contribution in [0.1, 0.15) is 33.0 Å². The van der Waals surface area contributed by atoms with Gasteiger partial charge in [-0.1, -0.05) is 6.92 Å². The molecule has 2 unspecified atom stereocenters. The van der Waals surface area contributed by atoms with Crippen molar-refractivity contribution >= 4 is 11.6 Å². The minimum atomic E-state index is 0.341. The van der Waals surface area contributed by atoms with Gasteiger partial charge in [0.2, 0.25) is 0 Å². The van der Waals surface area contributed by atoms with Crippen LogP contribution in [0.5, 0.6) is 0 Å². The molecule has 19 heavy (non-hydrogen) atoms. The highest BCUT2D eigenvalue weighted by Gasteiger charge is 2.23. The van der Waals surface area contributed by atoms with Gasteiger partial charge in [-0.2, -0.15) is 0 Å². The molecular weight excluding hydrogens is 240 g/mol. The van der Waals surface area contributed by atoms with Gasteiger partial charge in [-0.05, 0) is 20.3 Å². The molecule has 0 radical (unpaired) electrons. The van der Waals surface area contributed by atoms with Gasteiger partial charge in [0, 0.05) is 38.1 Å². The zero-order chi connectivity index (χ0) is 13.7. The van der Waals surface area contributed by atoms with Gasteiger partial charge in [0.15, 0.2) is 0 Å². The van der Waals surface area contributed by atoms with Gasteiger partial charge in [0.05, 0.1) is 6.10 Å². The molecule has 0 saturated carbocycles. The van der Waals surface area contributed by atoms with E-state index in [1.54, 1.807) is 0 Å². The lowest BCUT2D eigenvalue weighted by atomic mass is 10.0. The Hall–Kier alpha value is -1.36. The molecule has 1 aromatic rings. The molecule has 2 rings (SSSR count). The van der Waals surface area contributed by atoms with E-state index in [0.717, 1.165) is 50.0 Å². The summed E-state index contributed by atoms with van der Waals surface area (Å²) < 4.78 is 5.58. The number of anilines is 2. The lowest BCUT2D eigenvalue weighted by Gasteiger charge is -2.16. The topological polar surface area (TPSA) is 59.1 Å². The summed E-state index contributed by atoms with van der Waals surface area (Å²) in [5.41, 5.74) is 0. The molecule has 2 N–H and O–H groups in total. The fourth-order valence-electron chi connectivity index (χ4n) is 2.30. The van der Waals surface area contributed by atoms with E-state index in [0.29, 0.717) is 12.0 Å². The summed E-state index contributed by atoms with van der Waals surface area (Å²) in [7, 11) is 0. The molecule has 5 nitrogen and oxygen atoms in total. The molecule has 1 aliphatic rings. The van der Waals surface area contributed by atoms with Crippen molar-refractivity contribution in [2.24, 2.45) is 5.92 Å². The summed E-state index contributed by atoms with van der Waals surface area (Å²) in [6.07, 6.45) is 2.31. The molecule has 1 aliphatic heterocycles. The van der Waals surface area contributed by atoms with Gasteiger partial charge in [0.25, 0.3) is 0 Å². The number of nitrogens with zero attached hydrogens (tertiary/aromatic N) is 2. The minimum Gasteiger partial charge on any atom is -0.378 e. The van der Waals surface area contributed by atoms with Gasteiger partial charge in [-0.25, -0.2) is 9.97 Å². The van der Waals surface area contributed by atoms with Gasteiger partial charge in [0.1, 0.15) is 17.5 Å². The van der Waals surface area contributed by atoms with E-state index in [1.807, 2.05) is 6.07 Å². The number of aromatic nitrogens is 2. The van der Waals surface area contributed by atoms with Crippen LogP contribution >= 0.6 is 0 Å². The lowest BCUT2D eigenvalue weighted by molar-refractivity contribution is 0.108. The largest absolute Gasteiger partial charge is 0.378 e. The molecule has 2 atom stereocenters. The number of hydrogen-bond acceptors (Lipinski definition) is 5. The third-order valence-electron chi connectivity index (χ3n) is 3.53. The second-order valence-corrected chi connectivity index (χ2v) is 4.94. The Morgan fingerprint density at radius 2 is 2.00 bits per heavy atom. The normalized spacial score (nSPS) is 22.5. The van der Waals surface area contributed by atoms with Crippen LogP contribution in [0.2, 0.25) is 0 Å². The van der Waals surface area contributed by atoms with Crippen LogP contribution in [-0.4, -0.2) is 35.8 Å². The van der Waals surface area contributed by atoms with E-state index in [9.17, 15) is 0 Å². The predicted octanol–water partition coefficient (Wildman–Crippen LogP) is 2.31. The summed E-state index contributed by atoms with van der Waals surface area (Å²) in [6.45, 7) is 8.93. The van der Waals surface area contributed by atoms with Gasteiger partial charge in [-0.15, -0.1) is 0 Å². The molecule has 0 amide bonds. The summed E-state index contributed by atoms with van der Waals surface area (Å²) >= 11 is 0. The standard InChI is InChI=1S/C14H24N4O/c1-4-12-17-13(15-5-2)8-14(18-12)16-9-11-6-7-19-10(11)3/h8,10-11H,4-7,9H2,1-3H3,(H2,15,16,17,18). The molecule has 1 aromatic heterocycles. The highest BCUT2D eigenvalue weighted by atomic mass is 16.5. The number of ether oxygens (including phenoxy) is 1. The first-order valence-electron chi connectivity index (χ1n) is 7.20. The molecule has 0 spiro atoms. The van der Waals surface area contributed by atoms with Crippen LogP contribution in [0, 0.1) is 5.92 Å². The first kappa shape index (κ1) is 14.1. The van der Waals surface area contributed by atoms with Crippen molar-refractivity contribution in [1.29, 1.82) is 0 Å². The van der Waals surface area contributed by atoms with Gasteiger partial charge >= 0.3 is 0 Å². The maximum Gasteiger partial charge on any atom is 0.132 e. The van der Waals surface area contributed by atoms with Crippen molar-refractivity contribution in [3.63, 3.8) is 0 Å². The van der Waals surface area contributed by atoms with E-state index >= 15 is 0 Å². The minimum absolute atomic E-state index is 0.341. The van der Waals surface area contributed by atoms with E-state index in [2.05, 4.69) is 41.4 Å². The zero-order valence-corrected chi connectivity index (χ0v) is 12.1. The zero-order valence-electron chi connectivity index (χ0n) is 12.1. The second-order valence-electron chi connectivity index (χ2n) is 4.94. The van der Waals surface area contributed by atoms with Crippen molar-refractivity contribution in [3.05, 3.63) is 11.9 Å². The Bertz CT molecular complexity index is 410. The van der Waals surface area contributed by atoms with E-state index < -0.39 is 0 Å². The average molecular weight is 264 g/mol. The molecular formula is C14H24N4O. The third kappa shape index (κ3) is 3.80. The second kappa shape index (κ2) is 6.70. The van der Waals surface area contributed by atoms with Crippen LogP contribution in [0.25, 0.3) is 0 Å². The number of aryl methyl sites for hydroxylation is 1. The fourth-order valence-corrected chi connectivity index (χ4v) is 2.30. The fraction of sp³-hybridized carbons (Fsp3) is 0.714. The molecule has 0 bridgehead atoms. The highest BCUT2D eigenvalue weighted by molar-refractivity contribution is 5.47. The molecule has 1 fully saturated rings. The molecule has 2 heterocycles. The predicted molar refractivity (Wildman–Crippen MR) is 77.6 cm³/mol. The van der Waals surface area contributed by atoms with Crippen molar-refractivity contribution in [2.45, 2.75) is 39.7 Å².